The Hall–Kier alpha value is -3.66. The number of carbonyl (C=O) groups is 2. The molecule has 0 saturated carbocycles. The van der Waals surface area contributed by atoms with E-state index in [2.05, 4.69) is 10.3 Å². The van der Waals surface area contributed by atoms with Crippen molar-refractivity contribution in [3.8, 4) is 0 Å². The molecular weight excluding hydrogens is 461 g/mol. The lowest BCUT2D eigenvalue weighted by Gasteiger charge is -2.31. The molecule has 1 atom stereocenters. The fourth-order valence-electron chi connectivity index (χ4n) is 4.55. The standard InChI is InChI=1S/C25H23F3N4O3/c26-17-3-1-15(2-4-17)22-12-32-14-29-23(21(32)13-35-22)25(34)31-7-5-16(6-8-31)24(33)30-20-10-18(27)9-19(28)11-20/h1-4,9-11,14,16,22H,5-8,12-13H2,(H,30,33)/t22-/m1/s1. The normalized spacial score (nSPS) is 18.3. The van der Waals surface area contributed by atoms with E-state index in [1.807, 2.05) is 4.57 Å². The van der Waals surface area contributed by atoms with Crippen molar-refractivity contribution in [2.45, 2.75) is 32.1 Å². The highest BCUT2D eigenvalue weighted by atomic mass is 19.1. The third-order valence-corrected chi connectivity index (χ3v) is 6.46. The minimum atomic E-state index is -0.767. The van der Waals surface area contributed by atoms with Gasteiger partial charge < -0.3 is 19.5 Å². The van der Waals surface area contributed by atoms with Crippen LogP contribution in [0.5, 0.6) is 0 Å². The predicted octanol–water partition coefficient (Wildman–Crippen LogP) is 4.06. The Morgan fingerprint density at radius 3 is 2.34 bits per heavy atom. The number of amides is 2. The van der Waals surface area contributed by atoms with E-state index >= 15 is 0 Å². The molecule has 3 heterocycles. The number of hydrogen-bond acceptors (Lipinski definition) is 4. The fourth-order valence-corrected chi connectivity index (χ4v) is 4.55. The quantitative estimate of drug-likeness (QED) is 0.606. The van der Waals surface area contributed by atoms with Gasteiger partial charge in [0.25, 0.3) is 5.91 Å². The van der Waals surface area contributed by atoms with Crippen molar-refractivity contribution in [2.24, 2.45) is 5.92 Å². The highest BCUT2D eigenvalue weighted by molar-refractivity contribution is 5.95. The number of likely N-dealkylation sites (tertiary alicyclic amines) is 1. The van der Waals surface area contributed by atoms with Crippen molar-refractivity contribution in [1.82, 2.24) is 14.5 Å². The molecule has 35 heavy (non-hydrogen) atoms. The Morgan fingerprint density at radius 1 is 0.971 bits per heavy atom. The molecule has 1 aromatic heterocycles. The van der Waals surface area contributed by atoms with Crippen molar-refractivity contribution in [3.63, 3.8) is 0 Å². The van der Waals surface area contributed by atoms with Crippen molar-refractivity contribution in [1.29, 1.82) is 0 Å². The topological polar surface area (TPSA) is 76.5 Å². The van der Waals surface area contributed by atoms with Crippen LogP contribution in [0, 0.1) is 23.4 Å². The molecule has 5 rings (SSSR count). The van der Waals surface area contributed by atoms with E-state index in [1.54, 1.807) is 23.4 Å². The lowest BCUT2D eigenvalue weighted by molar-refractivity contribution is -0.121. The first-order valence-electron chi connectivity index (χ1n) is 11.3. The van der Waals surface area contributed by atoms with Crippen molar-refractivity contribution in [2.75, 3.05) is 18.4 Å². The van der Waals surface area contributed by atoms with E-state index in [4.69, 9.17) is 4.74 Å². The van der Waals surface area contributed by atoms with Crippen LogP contribution in [-0.2, 0) is 22.7 Å². The van der Waals surface area contributed by atoms with Gasteiger partial charge in [0.15, 0.2) is 5.69 Å². The lowest BCUT2D eigenvalue weighted by Crippen LogP contribution is -2.42. The van der Waals surface area contributed by atoms with Crippen molar-refractivity contribution < 1.29 is 27.5 Å². The third-order valence-electron chi connectivity index (χ3n) is 6.46. The molecule has 3 aromatic rings. The highest BCUT2D eigenvalue weighted by Crippen LogP contribution is 2.29. The smallest absolute Gasteiger partial charge is 0.274 e. The van der Waals surface area contributed by atoms with Gasteiger partial charge in [0, 0.05) is 30.8 Å². The summed E-state index contributed by atoms with van der Waals surface area (Å²) >= 11 is 0. The number of aromatic nitrogens is 2. The van der Waals surface area contributed by atoms with Gasteiger partial charge in [-0.25, -0.2) is 18.2 Å². The first kappa shape index (κ1) is 23.1. The Labute approximate surface area is 199 Å². The van der Waals surface area contributed by atoms with Gasteiger partial charge in [-0.1, -0.05) is 12.1 Å². The lowest BCUT2D eigenvalue weighted by atomic mass is 9.95. The molecule has 0 aliphatic carbocycles. The molecule has 2 aliphatic rings. The zero-order chi connectivity index (χ0) is 24.5. The molecule has 1 N–H and O–H groups in total. The van der Waals surface area contributed by atoms with Gasteiger partial charge in [-0.3, -0.25) is 9.59 Å². The van der Waals surface area contributed by atoms with Crippen LogP contribution in [0.15, 0.2) is 48.8 Å². The molecule has 10 heteroatoms. The first-order chi connectivity index (χ1) is 16.9. The van der Waals surface area contributed by atoms with Crippen LogP contribution < -0.4 is 5.32 Å². The fraction of sp³-hybridized carbons (Fsp3) is 0.320. The maximum absolute atomic E-state index is 13.4. The molecular formula is C25H23F3N4O3. The summed E-state index contributed by atoms with van der Waals surface area (Å²) in [5.74, 6) is -2.78. The second kappa shape index (κ2) is 9.53. The Morgan fingerprint density at radius 2 is 1.66 bits per heavy atom. The van der Waals surface area contributed by atoms with Gasteiger partial charge in [0.05, 0.1) is 25.2 Å². The summed E-state index contributed by atoms with van der Waals surface area (Å²) in [7, 11) is 0. The number of piperidine rings is 1. The number of carbonyl (C=O) groups excluding carboxylic acids is 2. The number of halogens is 3. The van der Waals surface area contributed by atoms with Crippen LogP contribution >= 0.6 is 0 Å². The Kier molecular flexibility index (Phi) is 6.29. The van der Waals surface area contributed by atoms with E-state index in [0.29, 0.717) is 43.9 Å². The van der Waals surface area contributed by atoms with E-state index in [0.717, 1.165) is 23.8 Å². The summed E-state index contributed by atoms with van der Waals surface area (Å²) in [6.07, 6.45) is 2.20. The van der Waals surface area contributed by atoms with Crippen LogP contribution in [0.3, 0.4) is 0 Å². The molecule has 0 bridgehead atoms. The van der Waals surface area contributed by atoms with Crippen LogP contribution in [0.1, 0.15) is 40.7 Å². The number of nitrogens with one attached hydrogen (secondary N) is 1. The van der Waals surface area contributed by atoms with E-state index in [9.17, 15) is 22.8 Å². The molecule has 0 spiro atoms. The molecule has 2 aromatic carbocycles. The van der Waals surface area contributed by atoms with Crippen LogP contribution in [0.2, 0.25) is 0 Å². The van der Waals surface area contributed by atoms with Crippen molar-refractivity contribution >= 4 is 17.5 Å². The van der Waals surface area contributed by atoms with Gasteiger partial charge in [0.2, 0.25) is 5.91 Å². The molecule has 7 nitrogen and oxygen atoms in total. The largest absolute Gasteiger partial charge is 0.365 e. The number of benzene rings is 2. The van der Waals surface area contributed by atoms with E-state index < -0.39 is 11.6 Å². The van der Waals surface area contributed by atoms with Crippen LogP contribution in [0.25, 0.3) is 0 Å². The molecule has 1 fully saturated rings. The molecule has 2 amide bonds. The maximum Gasteiger partial charge on any atom is 0.274 e. The summed E-state index contributed by atoms with van der Waals surface area (Å²) in [6, 6.07) is 8.99. The molecule has 182 valence electrons. The van der Waals surface area contributed by atoms with Crippen molar-refractivity contribution in [3.05, 3.63) is 83.2 Å². The zero-order valence-electron chi connectivity index (χ0n) is 18.7. The molecule has 0 radical (unpaired) electrons. The Bertz CT molecular complexity index is 1230. The number of hydrogen-bond donors (Lipinski definition) is 1. The van der Waals surface area contributed by atoms with Gasteiger partial charge in [-0.05, 0) is 42.7 Å². The first-order valence-corrected chi connectivity index (χ1v) is 11.3. The van der Waals surface area contributed by atoms with Gasteiger partial charge >= 0.3 is 0 Å². The average molecular weight is 484 g/mol. The average Bonchev–Trinajstić information content (AvgIpc) is 3.27. The second-order valence-electron chi connectivity index (χ2n) is 8.76. The summed E-state index contributed by atoms with van der Waals surface area (Å²) in [6.45, 7) is 1.38. The minimum Gasteiger partial charge on any atom is -0.365 e. The predicted molar refractivity (Wildman–Crippen MR) is 120 cm³/mol. The zero-order valence-corrected chi connectivity index (χ0v) is 18.7. The second-order valence-corrected chi connectivity index (χ2v) is 8.76. The van der Waals surface area contributed by atoms with Gasteiger partial charge in [-0.15, -0.1) is 0 Å². The van der Waals surface area contributed by atoms with Crippen LogP contribution in [0.4, 0.5) is 18.9 Å². The monoisotopic (exact) mass is 484 g/mol. The number of nitrogens with zero attached hydrogens (tertiary/aromatic N) is 3. The maximum atomic E-state index is 13.4. The number of fused-ring (bicyclic) bond motifs is 1. The minimum absolute atomic E-state index is 0.0644. The number of rotatable bonds is 4. The van der Waals surface area contributed by atoms with Crippen LogP contribution in [-0.4, -0.2) is 39.4 Å². The molecule has 0 unspecified atom stereocenters. The molecule has 2 aliphatic heterocycles. The summed E-state index contributed by atoms with van der Waals surface area (Å²) in [4.78, 5) is 31.7. The summed E-state index contributed by atoms with van der Waals surface area (Å²) < 4.78 is 47.8. The van der Waals surface area contributed by atoms with E-state index in [-0.39, 0.29) is 41.9 Å². The number of ether oxygens (including phenoxy) is 1. The van der Waals surface area contributed by atoms with Gasteiger partial charge in [0.1, 0.15) is 23.6 Å². The number of anilines is 1. The highest BCUT2D eigenvalue weighted by Gasteiger charge is 2.32. The SMILES string of the molecule is O=C(Nc1cc(F)cc(F)c1)C1CCN(C(=O)c2ncn3c2CO[C@@H](c2ccc(F)cc2)C3)CC1. The van der Waals surface area contributed by atoms with Gasteiger partial charge in [-0.2, -0.15) is 0 Å². The summed E-state index contributed by atoms with van der Waals surface area (Å²) in [5.41, 5.74) is 1.91. The summed E-state index contributed by atoms with van der Waals surface area (Å²) in [5, 5.41) is 2.55. The third kappa shape index (κ3) is 4.93. The number of imidazole rings is 1. The Balaban J connectivity index is 1.19. The van der Waals surface area contributed by atoms with E-state index in [1.165, 1.54) is 12.1 Å². The molecule has 1 saturated heterocycles.